The normalized spacial score (nSPS) is 21.8. The molecule has 2 fully saturated rings. The number of nitrogens with one attached hydrogen (secondary N) is 2. The van der Waals surface area contributed by atoms with E-state index in [1.807, 2.05) is 36.4 Å². The molecule has 2 aromatic carbocycles. The van der Waals surface area contributed by atoms with Crippen LogP contribution in [-0.4, -0.2) is 66.8 Å². The monoisotopic (exact) mass is 502 g/mol. The maximum absolute atomic E-state index is 14.5. The van der Waals surface area contributed by atoms with Gasteiger partial charge in [-0.2, -0.15) is 0 Å². The first-order chi connectivity index (χ1) is 18.2. The van der Waals surface area contributed by atoms with Gasteiger partial charge < -0.3 is 29.6 Å². The number of carbonyl (C=O) groups excluding carboxylic acids is 1. The van der Waals surface area contributed by atoms with Crippen molar-refractivity contribution in [2.45, 2.75) is 56.5 Å². The molecule has 196 valence electrons. The Morgan fingerprint density at radius 2 is 1.95 bits per heavy atom. The van der Waals surface area contributed by atoms with Gasteiger partial charge >= 0.3 is 6.03 Å². The predicted octanol–water partition coefficient (Wildman–Crippen LogP) is 5.06. The summed E-state index contributed by atoms with van der Waals surface area (Å²) in [5.41, 5.74) is 3.29. The maximum Gasteiger partial charge on any atom is 0.321 e. The molecule has 6 rings (SSSR count). The van der Waals surface area contributed by atoms with E-state index in [4.69, 9.17) is 9.47 Å². The zero-order valence-corrected chi connectivity index (χ0v) is 21.8. The SMILES string of the molecule is COc1ccc2[nH]c3c(c2c1)CCN(C(=O)N(CCOc1ccccc1)C1CCCCC1)C31CCNC1. The van der Waals surface area contributed by atoms with Crippen LogP contribution in [0.25, 0.3) is 10.9 Å². The molecule has 7 heteroatoms. The summed E-state index contributed by atoms with van der Waals surface area (Å²) in [5.74, 6) is 1.72. The number of H-pyrrole nitrogens is 1. The second-order valence-corrected chi connectivity index (χ2v) is 10.7. The summed E-state index contributed by atoms with van der Waals surface area (Å²) < 4.78 is 11.6. The fraction of sp³-hybridized carbons (Fsp3) is 0.500. The third-order valence-corrected chi connectivity index (χ3v) is 8.65. The molecule has 3 aromatic rings. The number of aromatic amines is 1. The number of nitrogens with zero attached hydrogens (tertiary/aromatic N) is 2. The number of rotatable bonds is 6. The molecule has 1 saturated carbocycles. The van der Waals surface area contributed by atoms with Gasteiger partial charge in [0.2, 0.25) is 0 Å². The van der Waals surface area contributed by atoms with E-state index in [0.717, 1.165) is 62.3 Å². The molecule has 0 bridgehead atoms. The minimum Gasteiger partial charge on any atom is -0.497 e. The van der Waals surface area contributed by atoms with Gasteiger partial charge in [0.25, 0.3) is 0 Å². The van der Waals surface area contributed by atoms with E-state index < -0.39 is 0 Å². The summed E-state index contributed by atoms with van der Waals surface area (Å²) in [6.45, 7) is 3.51. The average molecular weight is 503 g/mol. The molecule has 1 unspecified atom stereocenters. The molecular weight excluding hydrogens is 464 g/mol. The first-order valence-corrected chi connectivity index (χ1v) is 13.9. The summed E-state index contributed by atoms with van der Waals surface area (Å²) in [6.07, 6.45) is 7.55. The zero-order chi connectivity index (χ0) is 25.2. The molecule has 1 aliphatic carbocycles. The van der Waals surface area contributed by atoms with Gasteiger partial charge in [0.15, 0.2) is 0 Å². The first-order valence-electron chi connectivity index (χ1n) is 13.9. The highest BCUT2D eigenvalue weighted by Crippen LogP contribution is 2.44. The topological polar surface area (TPSA) is 69.8 Å². The molecule has 7 nitrogen and oxygen atoms in total. The quantitative estimate of drug-likeness (QED) is 0.495. The zero-order valence-electron chi connectivity index (χ0n) is 21.8. The van der Waals surface area contributed by atoms with Crippen molar-refractivity contribution in [2.24, 2.45) is 0 Å². The van der Waals surface area contributed by atoms with E-state index in [1.165, 1.54) is 35.9 Å². The molecule has 37 heavy (non-hydrogen) atoms. The number of urea groups is 1. The van der Waals surface area contributed by atoms with E-state index in [-0.39, 0.29) is 17.6 Å². The smallest absolute Gasteiger partial charge is 0.321 e. The van der Waals surface area contributed by atoms with Gasteiger partial charge in [-0.1, -0.05) is 37.5 Å². The first kappa shape index (κ1) is 24.2. The molecule has 2 aliphatic heterocycles. The van der Waals surface area contributed by atoms with Gasteiger partial charge in [0.1, 0.15) is 18.1 Å². The highest BCUT2D eigenvalue weighted by Gasteiger charge is 2.50. The lowest BCUT2D eigenvalue weighted by molar-refractivity contribution is 0.0599. The van der Waals surface area contributed by atoms with Crippen molar-refractivity contribution in [1.82, 2.24) is 20.1 Å². The molecule has 1 aromatic heterocycles. The third kappa shape index (κ3) is 4.43. The second kappa shape index (κ2) is 10.3. The number of methoxy groups -OCH3 is 1. The molecule has 3 aliphatic rings. The van der Waals surface area contributed by atoms with Gasteiger partial charge in [-0.3, -0.25) is 0 Å². The number of amides is 2. The van der Waals surface area contributed by atoms with Crippen molar-refractivity contribution < 1.29 is 14.3 Å². The van der Waals surface area contributed by atoms with Gasteiger partial charge in [-0.05, 0) is 68.1 Å². The lowest BCUT2D eigenvalue weighted by atomic mass is 9.84. The number of aromatic nitrogens is 1. The Morgan fingerprint density at radius 3 is 2.70 bits per heavy atom. The maximum atomic E-state index is 14.5. The lowest BCUT2D eigenvalue weighted by Gasteiger charge is -2.47. The second-order valence-electron chi connectivity index (χ2n) is 10.7. The Labute approximate surface area is 219 Å². The highest BCUT2D eigenvalue weighted by molar-refractivity contribution is 5.88. The number of hydrogen-bond donors (Lipinski definition) is 2. The van der Waals surface area contributed by atoms with E-state index in [1.54, 1.807) is 7.11 Å². The minimum absolute atomic E-state index is 0.161. The van der Waals surface area contributed by atoms with Crippen molar-refractivity contribution >= 4 is 16.9 Å². The van der Waals surface area contributed by atoms with E-state index in [0.29, 0.717) is 13.2 Å². The molecule has 1 atom stereocenters. The largest absolute Gasteiger partial charge is 0.497 e. The van der Waals surface area contributed by atoms with Crippen molar-refractivity contribution in [1.29, 1.82) is 0 Å². The average Bonchev–Trinajstić information content (AvgIpc) is 3.58. The van der Waals surface area contributed by atoms with Gasteiger partial charge in [-0.15, -0.1) is 0 Å². The summed E-state index contributed by atoms with van der Waals surface area (Å²) in [6, 6.07) is 16.6. The van der Waals surface area contributed by atoms with Crippen LogP contribution in [0.2, 0.25) is 0 Å². The summed E-state index contributed by atoms with van der Waals surface area (Å²) in [7, 11) is 1.71. The van der Waals surface area contributed by atoms with E-state index in [2.05, 4.69) is 32.2 Å². The number of ether oxygens (including phenoxy) is 2. The van der Waals surface area contributed by atoms with E-state index in [9.17, 15) is 4.79 Å². The fourth-order valence-corrected chi connectivity index (χ4v) is 6.75. The molecule has 3 heterocycles. The predicted molar refractivity (Wildman–Crippen MR) is 145 cm³/mol. The summed E-state index contributed by atoms with van der Waals surface area (Å²) in [4.78, 5) is 22.5. The minimum atomic E-state index is -0.357. The van der Waals surface area contributed by atoms with Crippen LogP contribution in [0.3, 0.4) is 0 Å². The number of hydrogen-bond acceptors (Lipinski definition) is 4. The molecule has 1 spiro atoms. The number of benzene rings is 2. The fourth-order valence-electron chi connectivity index (χ4n) is 6.75. The van der Waals surface area contributed by atoms with Crippen LogP contribution in [0.5, 0.6) is 11.5 Å². The van der Waals surface area contributed by atoms with Crippen LogP contribution in [-0.2, 0) is 12.0 Å². The van der Waals surface area contributed by atoms with Crippen molar-refractivity contribution in [3.05, 3.63) is 59.8 Å². The van der Waals surface area contributed by atoms with Crippen molar-refractivity contribution in [3.63, 3.8) is 0 Å². The molecule has 0 radical (unpaired) electrons. The van der Waals surface area contributed by atoms with Crippen molar-refractivity contribution in [2.75, 3.05) is 39.9 Å². The molecule has 1 saturated heterocycles. The van der Waals surface area contributed by atoms with Gasteiger partial charge in [0, 0.05) is 35.7 Å². The number of para-hydroxylation sites is 1. The molecule has 2 amide bonds. The van der Waals surface area contributed by atoms with Crippen LogP contribution >= 0.6 is 0 Å². The Morgan fingerprint density at radius 1 is 1.11 bits per heavy atom. The summed E-state index contributed by atoms with van der Waals surface area (Å²) in [5, 5.41) is 4.79. The summed E-state index contributed by atoms with van der Waals surface area (Å²) >= 11 is 0. The van der Waals surface area contributed by atoms with Gasteiger partial charge in [0.05, 0.1) is 19.2 Å². The Kier molecular flexibility index (Phi) is 6.72. The lowest BCUT2D eigenvalue weighted by Crippen LogP contribution is -2.60. The van der Waals surface area contributed by atoms with Crippen LogP contribution < -0.4 is 14.8 Å². The van der Waals surface area contributed by atoms with Crippen LogP contribution in [0.1, 0.15) is 49.8 Å². The standard InChI is InChI=1S/C30H38N4O3/c1-36-24-12-13-27-26(20-24)25-14-17-34(30(28(25)32-27)15-16-31-21-30)29(35)33(22-8-4-2-5-9-22)18-19-37-23-10-6-3-7-11-23/h3,6-7,10-13,20,22,31-32H,2,4-5,8-9,14-19,21H2,1H3. The molecule has 2 N–H and O–H groups in total. The number of carbonyl (C=O) groups is 1. The Balaban J connectivity index is 1.30. The van der Waals surface area contributed by atoms with Crippen LogP contribution in [0.4, 0.5) is 4.79 Å². The Bertz CT molecular complexity index is 1230. The van der Waals surface area contributed by atoms with Crippen molar-refractivity contribution in [3.8, 4) is 11.5 Å². The third-order valence-electron chi connectivity index (χ3n) is 8.65. The highest BCUT2D eigenvalue weighted by atomic mass is 16.5. The van der Waals surface area contributed by atoms with Crippen LogP contribution in [0, 0.1) is 0 Å². The molecular formula is C30H38N4O3. The Hall–Kier alpha value is -3.19. The van der Waals surface area contributed by atoms with Gasteiger partial charge in [-0.25, -0.2) is 4.79 Å². The van der Waals surface area contributed by atoms with E-state index >= 15 is 0 Å². The van der Waals surface area contributed by atoms with Crippen LogP contribution in [0.15, 0.2) is 48.5 Å². The number of fused-ring (bicyclic) bond motifs is 4.